The first-order valence-electron chi connectivity index (χ1n) is 5.87. The topological polar surface area (TPSA) is 23.5 Å². The minimum absolute atomic E-state index is 0.163. The summed E-state index contributed by atoms with van der Waals surface area (Å²) < 4.78 is 0. The van der Waals surface area contributed by atoms with Gasteiger partial charge in [0.15, 0.2) is 0 Å². The van der Waals surface area contributed by atoms with Gasteiger partial charge < -0.3 is 5.11 Å². The first-order chi connectivity index (χ1) is 7.38. The van der Waals surface area contributed by atoms with Gasteiger partial charge in [0.2, 0.25) is 0 Å². The summed E-state index contributed by atoms with van der Waals surface area (Å²) in [5.41, 5.74) is 2.11. The monoisotopic (exact) mass is 221 g/mol. The number of aromatic hydroxyl groups is 1. The average molecular weight is 221 g/mol. The van der Waals surface area contributed by atoms with E-state index in [4.69, 9.17) is 0 Å². The molecule has 0 bridgehead atoms. The maximum atomic E-state index is 9.96. The fraction of sp³-hybridized carbons (Fsp3) is 0.571. The Bertz CT molecular complexity index is 358. The molecule has 1 rings (SSSR count). The fourth-order valence-corrected chi connectivity index (χ4v) is 1.59. The van der Waals surface area contributed by atoms with Crippen LogP contribution in [0.4, 0.5) is 0 Å². The van der Waals surface area contributed by atoms with Crippen LogP contribution < -0.4 is 0 Å². The average Bonchev–Trinajstić information content (AvgIpc) is 2.24. The van der Waals surface area contributed by atoms with E-state index in [0.717, 1.165) is 24.1 Å². The summed E-state index contributed by atoms with van der Waals surface area (Å²) in [5.74, 6) is 0.432. The first kappa shape index (κ1) is 13.0. The highest BCUT2D eigenvalue weighted by molar-refractivity contribution is 5.39. The van der Waals surface area contributed by atoms with Gasteiger partial charge in [-0.1, -0.05) is 25.1 Å². The van der Waals surface area contributed by atoms with Crippen molar-refractivity contribution < 1.29 is 5.11 Å². The lowest BCUT2D eigenvalue weighted by Gasteiger charge is -2.35. The second kappa shape index (κ2) is 4.88. The van der Waals surface area contributed by atoms with Crippen molar-refractivity contribution in [3.63, 3.8) is 0 Å². The quantitative estimate of drug-likeness (QED) is 0.843. The van der Waals surface area contributed by atoms with E-state index in [1.54, 1.807) is 0 Å². The van der Waals surface area contributed by atoms with Crippen molar-refractivity contribution in [2.75, 3.05) is 7.05 Å². The number of aryl methyl sites for hydroxylation is 1. The summed E-state index contributed by atoms with van der Waals surface area (Å²) in [6, 6.07) is 5.92. The number of hydrogen-bond donors (Lipinski definition) is 1. The van der Waals surface area contributed by atoms with Crippen LogP contribution in [-0.4, -0.2) is 22.6 Å². The van der Waals surface area contributed by atoms with Crippen molar-refractivity contribution >= 4 is 0 Å². The lowest BCUT2D eigenvalue weighted by atomic mass is 9.98. The standard InChI is InChI=1S/C14H23NO/c1-6-14(3,4)15(5)10-12-9-7-8-11(2)13(12)16/h7-9,16H,6,10H2,1-5H3. The van der Waals surface area contributed by atoms with Crippen LogP contribution in [-0.2, 0) is 6.54 Å². The number of benzene rings is 1. The van der Waals surface area contributed by atoms with Crippen LogP contribution in [0.15, 0.2) is 18.2 Å². The van der Waals surface area contributed by atoms with Gasteiger partial charge in [0.05, 0.1) is 0 Å². The normalized spacial score (nSPS) is 12.1. The van der Waals surface area contributed by atoms with E-state index in [1.807, 2.05) is 25.1 Å². The molecule has 0 aliphatic heterocycles. The summed E-state index contributed by atoms with van der Waals surface area (Å²) in [7, 11) is 2.10. The molecule has 0 radical (unpaired) electrons. The molecule has 2 nitrogen and oxygen atoms in total. The van der Waals surface area contributed by atoms with E-state index in [0.29, 0.717) is 5.75 Å². The van der Waals surface area contributed by atoms with Crippen LogP contribution in [0.2, 0.25) is 0 Å². The first-order valence-corrected chi connectivity index (χ1v) is 5.87. The predicted molar refractivity (Wildman–Crippen MR) is 68.7 cm³/mol. The Morgan fingerprint density at radius 1 is 1.31 bits per heavy atom. The Balaban J connectivity index is 2.85. The number of phenolic OH excluding ortho intramolecular Hbond substituents is 1. The van der Waals surface area contributed by atoms with Gasteiger partial charge in [0.1, 0.15) is 5.75 Å². The van der Waals surface area contributed by atoms with Gasteiger partial charge in [-0.05, 0) is 39.8 Å². The molecule has 1 aromatic carbocycles. The second-order valence-electron chi connectivity index (χ2n) is 5.10. The van der Waals surface area contributed by atoms with Crippen molar-refractivity contribution in [1.82, 2.24) is 4.90 Å². The van der Waals surface area contributed by atoms with E-state index in [1.165, 1.54) is 0 Å². The van der Waals surface area contributed by atoms with E-state index < -0.39 is 0 Å². The maximum absolute atomic E-state index is 9.96. The van der Waals surface area contributed by atoms with E-state index in [2.05, 4.69) is 32.7 Å². The molecule has 0 saturated heterocycles. The Kier molecular flexibility index (Phi) is 3.98. The molecule has 0 spiro atoms. The van der Waals surface area contributed by atoms with Gasteiger partial charge in [-0.15, -0.1) is 0 Å². The van der Waals surface area contributed by atoms with E-state index in [9.17, 15) is 5.11 Å². The molecule has 90 valence electrons. The summed E-state index contributed by atoms with van der Waals surface area (Å²) in [6.45, 7) is 9.35. The van der Waals surface area contributed by atoms with Crippen LogP contribution in [0.5, 0.6) is 5.75 Å². The Morgan fingerprint density at radius 2 is 1.94 bits per heavy atom. The van der Waals surface area contributed by atoms with Gasteiger partial charge >= 0.3 is 0 Å². The SMILES string of the molecule is CCC(C)(C)N(C)Cc1cccc(C)c1O. The number of para-hydroxylation sites is 1. The van der Waals surface area contributed by atoms with E-state index in [-0.39, 0.29) is 5.54 Å². The molecule has 0 aliphatic rings. The third-order valence-electron chi connectivity index (χ3n) is 3.63. The molecular weight excluding hydrogens is 198 g/mol. The highest BCUT2D eigenvalue weighted by atomic mass is 16.3. The van der Waals surface area contributed by atoms with Gasteiger partial charge in [-0.25, -0.2) is 0 Å². The zero-order chi connectivity index (χ0) is 12.3. The summed E-state index contributed by atoms with van der Waals surface area (Å²) in [5, 5.41) is 9.96. The smallest absolute Gasteiger partial charge is 0.122 e. The van der Waals surface area contributed by atoms with Crippen molar-refractivity contribution in [3.05, 3.63) is 29.3 Å². The summed E-state index contributed by atoms with van der Waals surface area (Å²) >= 11 is 0. The van der Waals surface area contributed by atoms with Crippen LogP contribution in [0.1, 0.15) is 38.3 Å². The van der Waals surface area contributed by atoms with Crippen LogP contribution in [0.25, 0.3) is 0 Å². The van der Waals surface area contributed by atoms with Crippen LogP contribution >= 0.6 is 0 Å². The Labute approximate surface area is 98.9 Å². The lowest BCUT2D eigenvalue weighted by molar-refractivity contribution is 0.142. The molecule has 0 saturated carbocycles. The predicted octanol–water partition coefficient (Wildman–Crippen LogP) is 3.32. The third kappa shape index (κ3) is 2.76. The molecule has 0 aliphatic carbocycles. The minimum atomic E-state index is 0.163. The molecule has 0 amide bonds. The molecule has 0 fully saturated rings. The third-order valence-corrected chi connectivity index (χ3v) is 3.63. The Morgan fingerprint density at radius 3 is 2.50 bits per heavy atom. The van der Waals surface area contributed by atoms with Crippen molar-refractivity contribution in [2.24, 2.45) is 0 Å². The van der Waals surface area contributed by atoms with Crippen LogP contribution in [0, 0.1) is 6.92 Å². The molecule has 1 N–H and O–H groups in total. The summed E-state index contributed by atoms with van der Waals surface area (Å²) in [6.07, 6.45) is 1.09. The molecule has 0 atom stereocenters. The molecule has 0 heterocycles. The summed E-state index contributed by atoms with van der Waals surface area (Å²) in [4.78, 5) is 2.28. The highest BCUT2D eigenvalue weighted by Gasteiger charge is 2.21. The van der Waals surface area contributed by atoms with Crippen molar-refractivity contribution in [2.45, 2.75) is 46.2 Å². The second-order valence-corrected chi connectivity index (χ2v) is 5.10. The molecule has 0 unspecified atom stereocenters. The zero-order valence-electron chi connectivity index (χ0n) is 11.0. The highest BCUT2D eigenvalue weighted by Crippen LogP contribution is 2.26. The fourth-order valence-electron chi connectivity index (χ4n) is 1.59. The number of rotatable bonds is 4. The molecule has 0 aromatic heterocycles. The minimum Gasteiger partial charge on any atom is -0.507 e. The van der Waals surface area contributed by atoms with Gasteiger partial charge in [-0.2, -0.15) is 0 Å². The number of phenols is 1. The zero-order valence-corrected chi connectivity index (χ0v) is 11.0. The van der Waals surface area contributed by atoms with Gasteiger partial charge in [-0.3, -0.25) is 4.90 Å². The largest absolute Gasteiger partial charge is 0.507 e. The maximum Gasteiger partial charge on any atom is 0.122 e. The lowest BCUT2D eigenvalue weighted by Crippen LogP contribution is -2.39. The van der Waals surface area contributed by atoms with Gasteiger partial charge in [0.25, 0.3) is 0 Å². The van der Waals surface area contributed by atoms with Gasteiger partial charge in [0, 0.05) is 17.6 Å². The van der Waals surface area contributed by atoms with Crippen LogP contribution in [0.3, 0.4) is 0 Å². The Hall–Kier alpha value is -1.02. The number of nitrogens with zero attached hydrogens (tertiary/aromatic N) is 1. The van der Waals surface area contributed by atoms with Crippen molar-refractivity contribution in [3.8, 4) is 5.75 Å². The van der Waals surface area contributed by atoms with Crippen molar-refractivity contribution in [1.29, 1.82) is 0 Å². The molecule has 2 heteroatoms. The molecule has 1 aromatic rings. The number of hydrogen-bond acceptors (Lipinski definition) is 2. The molecule has 16 heavy (non-hydrogen) atoms. The van der Waals surface area contributed by atoms with E-state index >= 15 is 0 Å². The molecular formula is C14H23NO.